The molecule has 0 bridgehead atoms. The molecular weight excluding hydrogens is 334 g/mol. The number of carbonyl (C=O) groups is 1. The van der Waals surface area contributed by atoms with E-state index >= 15 is 0 Å². The van der Waals surface area contributed by atoms with Crippen molar-refractivity contribution >= 4 is 17.6 Å². The van der Waals surface area contributed by atoms with Gasteiger partial charge in [-0.2, -0.15) is 0 Å². The van der Waals surface area contributed by atoms with Crippen LogP contribution in [0.1, 0.15) is 52.7 Å². The molecule has 6 nitrogen and oxygen atoms in total. The summed E-state index contributed by atoms with van der Waals surface area (Å²) < 4.78 is 21.4. The largest absolute Gasteiger partial charge is 0.467 e. The molecule has 1 aromatic heterocycles. The summed E-state index contributed by atoms with van der Waals surface area (Å²) in [6.45, 7) is 6.20. The first-order chi connectivity index (χ1) is 11.5. The van der Waals surface area contributed by atoms with Gasteiger partial charge in [-0.15, -0.1) is 0 Å². The average molecular weight is 352 g/mol. The summed E-state index contributed by atoms with van der Waals surface area (Å²) in [5.74, 6) is 0.742. The molecule has 0 atom stereocenters. The molecular formula is C17H18ClNO5. The Labute approximate surface area is 144 Å². The minimum absolute atomic E-state index is 0.0353. The smallest absolute Gasteiger partial charge is 0.344 e. The van der Waals surface area contributed by atoms with Gasteiger partial charge in [0.1, 0.15) is 17.9 Å². The van der Waals surface area contributed by atoms with Gasteiger partial charge in [0.05, 0.1) is 12.3 Å². The van der Waals surface area contributed by atoms with Crippen molar-refractivity contribution in [2.75, 3.05) is 6.79 Å². The van der Waals surface area contributed by atoms with E-state index in [0.29, 0.717) is 40.0 Å². The predicted octanol–water partition coefficient (Wildman–Crippen LogP) is 3.98. The van der Waals surface area contributed by atoms with E-state index in [4.69, 9.17) is 30.3 Å². The van der Waals surface area contributed by atoms with Crippen molar-refractivity contribution in [1.82, 2.24) is 5.16 Å². The minimum Gasteiger partial charge on any atom is -0.467 e. The normalized spacial score (nSPS) is 13.5. The van der Waals surface area contributed by atoms with Gasteiger partial charge in [0.2, 0.25) is 0 Å². The van der Waals surface area contributed by atoms with Crippen LogP contribution in [0.25, 0.3) is 0 Å². The van der Waals surface area contributed by atoms with Crippen molar-refractivity contribution in [3.05, 3.63) is 45.3 Å². The number of hydrogen-bond acceptors (Lipinski definition) is 6. The lowest BCUT2D eigenvalue weighted by atomic mass is 10.1. The molecule has 2 heterocycles. The highest BCUT2D eigenvalue weighted by Gasteiger charge is 2.25. The number of fused-ring (bicyclic) bond motifs is 1. The van der Waals surface area contributed by atoms with Crippen molar-refractivity contribution in [3.63, 3.8) is 0 Å². The van der Waals surface area contributed by atoms with Gasteiger partial charge < -0.3 is 18.7 Å². The summed E-state index contributed by atoms with van der Waals surface area (Å²) >= 11 is 6.11. The number of hydrogen-bond donors (Lipinski definition) is 0. The average Bonchev–Trinajstić information content (AvgIpc) is 2.94. The Kier molecular flexibility index (Phi) is 4.78. The van der Waals surface area contributed by atoms with Crippen molar-refractivity contribution in [2.45, 2.75) is 39.9 Å². The van der Waals surface area contributed by atoms with Crippen LogP contribution < -0.4 is 4.74 Å². The fourth-order valence-corrected chi connectivity index (χ4v) is 2.87. The second kappa shape index (κ2) is 6.83. The van der Waals surface area contributed by atoms with Crippen molar-refractivity contribution in [3.8, 4) is 5.75 Å². The van der Waals surface area contributed by atoms with E-state index in [1.54, 1.807) is 19.1 Å². The lowest BCUT2D eigenvalue weighted by Crippen LogP contribution is -2.15. The van der Waals surface area contributed by atoms with Crippen LogP contribution in [0.2, 0.25) is 5.02 Å². The van der Waals surface area contributed by atoms with Crippen LogP contribution in [-0.4, -0.2) is 17.9 Å². The van der Waals surface area contributed by atoms with Crippen LogP contribution in [0.4, 0.5) is 0 Å². The molecule has 128 valence electrons. The molecule has 0 radical (unpaired) electrons. The Morgan fingerprint density at radius 1 is 1.42 bits per heavy atom. The molecule has 0 saturated carbocycles. The Morgan fingerprint density at radius 3 is 2.96 bits per heavy atom. The number of carbonyl (C=O) groups excluding carboxylic acids is 1. The van der Waals surface area contributed by atoms with Gasteiger partial charge >= 0.3 is 5.97 Å². The minimum atomic E-state index is -0.474. The van der Waals surface area contributed by atoms with E-state index in [-0.39, 0.29) is 19.3 Å². The van der Waals surface area contributed by atoms with Crippen LogP contribution in [0, 0.1) is 6.92 Å². The zero-order chi connectivity index (χ0) is 17.3. The molecule has 0 amide bonds. The lowest BCUT2D eigenvalue weighted by Gasteiger charge is -2.21. The van der Waals surface area contributed by atoms with Crippen LogP contribution in [0.5, 0.6) is 5.75 Å². The zero-order valence-corrected chi connectivity index (χ0v) is 14.5. The molecule has 1 aliphatic rings. The molecule has 1 aromatic carbocycles. The standard InChI is InChI=1S/C17H18ClNO5/c1-9(2)15-14(10(3)19-24-15)17(20)22-7-12-5-13(18)4-11-6-21-8-23-16(11)12/h4-5,9H,6-8H2,1-3H3. The van der Waals surface area contributed by atoms with Gasteiger partial charge in [-0.3, -0.25) is 0 Å². The SMILES string of the molecule is Cc1noc(C(C)C)c1C(=O)OCc1cc(Cl)cc2c1OCOC2. The number of nitrogens with zero attached hydrogens (tertiary/aromatic N) is 1. The molecule has 0 spiro atoms. The fourth-order valence-electron chi connectivity index (χ4n) is 2.61. The van der Waals surface area contributed by atoms with E-state index in [2.05, 4.69) is 5.16 Å². The van der Waals surface area contributed by atoms with Gasteiger partial charge in [-0.25, -0.2) is 4.79 Å². The van der Waals surface area contributed by atoms with Gasteiger partial charge in [-0.05, 0) is 19.1 Å². The number of aromatic nitrogens is 1. The van der Waals surface area contributed by atoms with Crippen molar-refractivity contribution < 1.29 is 23.5 Å². The highest BCUT2D eigenvalue weighted by Crippen LogP contribution is 2.32. The summed E-state index contributed by atoms with van der Waals surface area (Å²) in [5, 5.41) is 4.40. The third kappa shape index (κ3) is 3.25. The highest BCUT2D eigenvalue weighted by atomic mass is 35.5. The second-order valence-electron chi connectivity index (χ2n) is 5.90. The summed E-state index contributed by atoms with van der Waals surface area (Å²) in [6, 6.07) is 3.51. The second-order valence-corrected chi connectivity index (χ2v) is 6.34. The monoisotopic (exact) mass is 351 g/mol. The number of benzene rings is 1. The van der Waals surface area contributed by atoms with Crippen LogP contribution in [0.15, 0.2) is 16.7 Å². The molecule has 2 aromatic rings. The number of esters is 1. The molecule has 0 aliphatic carbocycles. The third-order valence-electron chi connectivity index (χ3n) is 3.73. The summed E-state index contributed by atoms with van der Waals surface area (Å²) in [5.41, 5.74) is 2.44. The van der Waals surface area contributed by atoms with Crippen LogP contribution in [0.3, 0.4) is 0 Å². The van der Waals surface area contributed by atoms with E-state index in [9.17, 15) is 4.79 Å². The van der Waals surface area contributed by atoms with E-state index < -0.39 is 5.97 Å². The third-order valence-corrected chi connectivity index (χ3v) is 3.95. The maximum absolute atomic E-state index is 12.5. The number of halogens is 1. The maximum atomic E-state index is 12.5. The Hall–Kier alpha value is -2.05. The van der Waals surface area contributed by atoms with Gasteiger partial charge in [0, 0.05) is 22.1 Å². The number of rotatable bonds is 4. The predicted molar refractivity (Wildman–Crippen MR) is 86.2 cm³/mol. The number of ether oxygens (including phenoxy) is 3. The molecule has 0 fully saturated rings. The zero-order valence-electron chi connectivity index (χ0n) is 13.7. The Bertz CT molecular complexity index is 769. The summed E-state index contributed by atoms with van der Waals surface area (Å²) in [7, 11) is 0. The molecule has 24 heavy (non-hydrogen) atoms. The quantitative estimate of drug-likeness (QED) is 0.776. The lowest BCUT2D eigenvalue weighted by molar-refractivity contribution is -0.0180. The first-order valence-electron chi connectivity index (χ1n) is 7.62. The van der Waals surface area contributed by atoms with Gasteiger partial charge in [-0.1, -0.05) is 30.6 Å². The van der Waals surface area contributed by atoms with Crippen LogP contribution >= 0.6 is 11.6 Å². The van der Waals surface area contributed by atoms with E-state index in [1.165, 1.54) is 0 Å². The first-order valence-corrected chi connectivity index (χ1v) is 8.00. The van der Waals surface area contributed by atoms with Crippen molar-refractivity contribution in [1.29, 1.82) is 0 Å². The maximum Gasteiger partial charge on any atom is 0.344 e. The van der Waals surface area contributed by atoms with E-state index in [0.717, 1.165) is 5.56 Å². The molecule has 0 unspecified atom stereocenters. The molecule has 3 rings (SSSR count). The summed E-state index contributed by atoms with van der Waals surface area (Å²) in [4.78, 5) is 12.5. The van der Waals surface area contributed by atoms with Gasteiger partial charge in [0.25, 0.3) is 0 Å². The Balaban J connectivity index is 1.81. The van der Waals surface area contributed by atoms with Crippen molar-refractivity contribution in [2.24, 2.45) is 0 Å². The van der Waals surface area contributed by atoms with Gasteiger partial charge in [0.15, 0.2) is 12.6 Å². The number of aryl methyl sites for hydroxylation is 1. The topological polar surface area (TPSA) is 70.8 Å². The molecule has 1 aliphatic heterocycles. The molecule has 0 N–H and O–H groups in total. The first kappa shape index (κ1) is 16.8. The Morgan fingerprint density at radius 2 is 2.21 bits per heavy atom. The highest BCUT2D eigenvalue weighted by molar-refractivity contribution is 6.30. The van der Waals surface area contributed by atoms with Crippen LogP contribution in [-0.2, 0) is 22.7 Å². The summed E-state index contributed by atoms with van der Waals surface area (Å²) in [6.07, 6.45) is 0. The fraction of sp³-hybridized carbons (Fsp3) is 0.412. The van der Waals surface area contributed by atoms with E-state index in [1.807, 2.05) is 13.8 Å². The molecule has 0 saturated heterocycles. The molecule has 7 heteroatoms.